The van der Waals surface area contributed by atoms with Crippen molar-refractivity contribution in [1.82, 2.24) is 19.7 Å². The van der Waals surface area contributed by atoms with Crippen molar-refractivity contribution in [3.05, 3.63) is 34.0 Å². The minimum atomic E-state index is 0.988. The summed E-state index contributed by atoms with van der Waals surface area (Å²) in [6, 6.07) is 2.13. The summed E-state index contributed by atoms with van der Waals surface area (Å²) in [6.45, 7) is 7.21. The van der Waals surface area contributed by atoms with Gasteiger partial charge < -0.3 is 4.90 Å². The van der Waals surface area contributed by atoms with Gasteiger partial charge in [0.05, 0.1) is 11.2 Å². The quantitative estimate of drug-likeness (QED) is 0.804. The molecule has 2 rings (SSSR count). The smallest absolute Gasteiger partial charge is 0.0794 e. The Morgan fingerprint density at radius 1 is 1.39 bits per heavy atom. The molecule has 0 unspecified atom stereocenters. The molecule has 2 aromatic heterocycles. The van der Waals surface area contributed by atoms with E-state index in [1.165, 1.54) is 10.6 Å². The Balaban J connectivity index is 1.73. The van der Waals surface area contributed by atoms with Gasteiger partial charge in [-0.25, -0.2) is 0 Å². The van der Waals surface area contributed by atoms with E-state index in [-0.39, 0.29) is 0 Å². The van der Waals surface area contributed by atoms with Crippen molar-refractivity contribution in [3.8, 4) is 0 Å². The molecule has 0 aliphatic rings. The van der Waals surface area contributed by atoms with E-state index in [9.17, 15) is 0 Å². The van der Waals surface area contributed by atoms with Crippen molar-refractivity contribution in [2.24, 2.45) is 0 Å². The second-order valence-electron chi connectivity index (χ2n) is 4.71. The van der Waals surface area contributed by atoms with Crippen LogP contribution in [0.2, 0.25) is 0 Å². The Bertz CT molecular complexity index is 475. The van der Waals surface area contributed by atoms with E-state index in [4.69, 9.17) is 0 Å². The molecule has 2 heterocycles. The van der Waals surface area contributed by atoms with Crippen LogP contribution in [0.4, 0.5) is 0 Å². The topological polar surface area (TPSA) is 34.0 Å². The van der Waals surface area contributed by atoms with Crippen molar-refractivity contribution in [3.63, 3.8) is 0 Å². The Kier molecular flexibility index (Phi) is 4.49. The van der Waals surface area contributed by atoms with Gasteiger partial charge in [-0.3, -0.25) is 9.67 Å². The molecule has 98 valence electrons. The first-order valence-corrected chi connectivity index (χ1v) is 7.10. The van der Waals surface area contributed by atoms with Crippen molar-refractivity contribution < 1.29 is 0 Å². The highest BCUT2D eigenvalue weighted by molar-refractivity contribution is 7.09. The number of hydrogen-bond acceptors (Lipinski definition) is 4. The molecule has 0 N–H and O–H groups in total. The van der Waals surface area contributed by atoms with E-state index >= 15 is 0 Å². The number of aromatic nitrogens is 3. The molecule has 0 saturated heterocycles. The fourth-order valence-corrected chi connectivity index (χ4v) is 2.73. The molecule has 18 heavy (non-hydrogen) atoms. The minimum Gasteiger partial charge on any atom is -0.301 e. The van der Waals surface area contributed by atoms with Crippen LogP contribution in [0.5, 0.6) is 0 Å². The van der Waals surface area contributed by atoms with Gasteiger partial charge in [-0.15, -0.1) is 11.3 Å². The summed E-state index contributed by atoms with van der Waals surface area (Å²) < 4.78 is 2.09. The van der Waals surface area contributed by atoms with Gasteiger partial charge in [0, 0.05) is 29.9 Å². The van der Waals surface area contributed by atoms with E-state index in [0.29, 0.717) is 0 Å². The number of rotatable bonds is 6. The summed E-state index contributed by atoms with van der Waals surface area (Å²) in [4.78, 5) is 7.75. The van der Waals surface area contributed by atoms with E-state index in [1.54, 1.807) is 11.3 Å². The fourth-order valence-electron chi connectivity index (χ4n) is 2.06. The number of hydrogen-bond donors (Lipinski definition) is 0. The third-order valence-corrected chi connectivity index (χ3v) is 3.69. The first-order valence-electron chi connectivity index (χ1n) is 6.22. The molecule has 0 radical (unpaired) electrons. The minimum absolute atomic E-state index is 0.988. The van der Waals surface area contributed by atoms with Crippen molar-refractivity contribution in [1.29, 1.82) is 0 Å². The molecule has 0 fully saturated rings. The van der Waals surface area contributed by atoms with Crippen LogP contribution in [0.15, 0.2) is 17.8 Å². The third kappa shape index (κ3) is 3.65. The lowest BCUT2D eigenvalue weighted by molar-refractivity contribution is 0.313. The first kappa shape index (κ1) is 13.2. The highest BCUT2D eigenvalue weighted by Crippen LogP contribution is 2.09. The Morgan fingerprint density at radius 3 is 2.83 bits per heavy atom. The highest BCUT2D eigenvalue weighted by atomic mass is 32.1. The second-order valence-corrected chi connectivity index (χ2v) is 5.68. The van der Waals surface area contributed by atoms with Crippen LogP contribution in [0.1, 0.15) is 22.7 Å². The fraction of sp³-hybridized carbons (Fsp3) is 0.538. The van der Waals surface area contributed by atoms with Gasteiger partial charge >= 0.3 is 0 Å². The zero-order valence-corrected chi connectivity index (χ0v) is 12.1. The molecule has 0 aliphatic heterocycles. The molecular formula is C13H20N4S. The van der Waals surface area contributed by atoms with E-state index in [0.717, 1.165) is 31.7 Å². The van der Waals surface area contributed by atoms with Crippen LogP contribution in [-0.2, 0) is 13.1 Å². The van der Waals surface area contributed by atoms with E-state index < -0.39 is 0 Å². The van der Waals surface area contributed by atoms with Crippen LogP contribution in [-0.4, -0.2) is 33.3 Å². The standard InChI is InChI=1S/C13H20N4S/c1-11-7-12(2)17(15-11)6-4-5-16(3)9-13-8-14-10-18-13/h7-8,10H,4-6,9H2,1-3H3. The molecule has 4 nitrogen and oxygen atoms in total. The van der Waals surface area contributed by atoms with Crippen molar-refractivity contribution in [2.75, 3.05) is 13.6 Å². The molecule has 0 spiro atoms. The van der Waals surface area contributed by atoms with Gasteiger partial charge in [-0.05, 0) is 39.9 Å². The van der Waals surface area contributed by atoms with Crippen LogP contribution in [0, 0.1) is 13.8 Å². The number of nitrogens with zero attached hydrogens (tertiary/aromatic N) is 4. The largest absolute Gasteiger partial charge is 0.301 e. The molecule has 0 saturated carbocycles. The molecule has 0 aliphatic carbocycles. The predicted octanol–water partition coefficient (Wildman–Crippen LogP) is 2.48. The highest BCUT2D eigenvalue weighted by Gasteiger charge is 2.04. The van der Waals surface area contributed by atoms with Gasteiger partial charge in [0.15, 0.2) is 0 Å². The summed E-state index contributed by atoms with van der Waals surface area (Å²) in [6.07, 6.45) is 3.07. The van der Waals surface area contributed by atoms with Gasteiger partial charge in [0.25, 0.3) is 0 Å². The van der Waals surface area contributed by atoms with E-state index in [2.05, 4.69) is 39.7 Å². The zero-order chi connectivity index (χ0) is 13.0. The maximum absolute atomic E-state index is 4.47. The molecular weight excluding hydrogens is 244 g/mol. The lowest BCUT2D eigenvalue weighted by Gasteiger charge is -2.15. The van der Waals surface area contributed by atoms with Crippen molar-refractivity contribution >= 4 is 11.3 Å². The number of thiazole rings is 1. The van der Waals surface area contributed by atoms with Crippen LogP contribution >= 0.6 is 11.3 Å². The average Bonchev–Trinajstić information content (AvgIpc) is 2.89. The van der Waals surface area contributed by atoms with Crippen LogP contribution < -0.4 is 0 Å². The van der Waals surface area contributed by atoms with Gasteiger partial charge in [0.1, 0.15) is 0 Å². The first-order chi connectivity index (χ1) is 8.65. The second kappa shape index (κ2) is 6.11. The summed E-state index contributed by atoms with van der Waals surface area (Å²) in [5.74, 6) is 0. The maximum Gasteiger partial charge on any atom is 0.0794 e. The lowest BCUT2D eigenvalue weighted by Crippen LogP contribution is -2.20. The summed E-state index contributed by atoms with van der Waals surface area (Å²) in [7, 11) is 2.15. The summed E-state index contributed by atoms with van der Waals surface area (Å²) in [5.41, 5.74) is 4.24. The SMILES string of the molecule is Cc1cc(C)n(CCCN(C)Cc2cncs2)n1. The normalized spacial score (nSPS) is 11.3. The van der Waals surface area contributed by atoms with Crippen LogP contribution in [0.25, 0.3) is 0 Å². The van der Waals surface area contributed by atoms with Gasteiger partial charge in [-0.1, -0.05) is 0 Å². The third-order valence-electron chi connectivity index (χ3n) is 2.92. The Labute approximate surface area is 112 Å². The molecule has 0 amide bonds. The molecule has 0 aromatic carbocycles. The number of aryl methyl sites for hydroxylation is 3. The monoisotopic (exact) mass is 264 g/mol. The molecule has 0 bridgehead atoms. The van der Waals surface area contributed by atoms with Crippen molar-refractivity contribution in [2.45, 2.75) is 33.4 Å². The molecule has 5 heteroatoms. The zero-order valence-electron chi connectivity index (χ0n) is 11.3. The summed E-state index contributed by atoms with van der Waals surface area (Å²) in [5, 5.41) is 4.47. The van der Waals surface area contributed by atoms with Gasteiger partial charge in [0.2, 0.25) is 0 Å². The van der Waals surface area contributed by atoms with Crippen LogP contribution in [0.3, 0.4) is 0 Å². The maximum atomic E-state index is 4.47. The summed E-state index contributed by atoms with van der Waals surface area (Å²) >= 11 is 1.72. The van der Waals surface area contributed by atoms with E-state index in [1.807, 2.05) is 18.6 Å². The predicted molar refractivity (Wildman–Crippen MR) is 74.8 cm³/mol. The molecule has 0 atom stereocenters. The lowest BCUT2D eigenvalue weighted by atomic mass is 10.3. The Hall–Kier alpha value is -1.20. The van der Waals surface area contributed by atoms with Gasteiger partial charge in [-0.2, -0.15) is 5.10 Å². The average molecular weight is 264 g/mol. The Morgan fingerprint density at radius 2 is 2.22 bits per heavy atom. The molecule has 2 aromatic rings.